The molecule has 1 aliphatic carbocycles. The quantitative estimate of drug-likeness (QED) is 0.550. The topological polar surface area (TPSA) is 60.9 Å². The first-order chi connectivity index (χ1) is 12.6. The highest BCUT2D eigenvalue weighted by atomic mass is 32.1. The first-order valence-electron chi connectivity index (χ1n) is 9.30. The van der Waals surface area contributed by atoms with Gasteiger partial charge in [0.25, 0.3) is 0 Å². The van der Waals surface area contributed by atoms with Crippen LogP contribution < -0.4 is 0 Å². The van der Waals surface area contributed by atoms with E-state index < -0.39 is 0 Å². The SMILES string of the molecule is CC[C@H]1CCc2c(sc3ncn4nc([C@@H](C)n5cc(C)cn5)nc4c23)C1. The van der Waals surface area contributed by atoms with Crippen LogP contribution in [0, 0.1) is 12.8 Å². The van der Waals surface area contributed by atoms with Gasteiger partial charge in [-0.1, -0.05) is 13.3 Å². The minimum atomic E-state index is -0.00224. The Morgan fingerprint density at radius 3 is 3.04 bits per heavy atom. The van der Waals surface area contributed by atoms with E-state index in [4.69, 9.17) is 10.1 Å². The minimum Gasteiger partial charge on any atom is -0.262 e. The van der Waals surface area contributed by atoms with Crippen LogP contribution in [0.15, 0.2) is 18.7 Å². The summed E-state index contributed by atoms with van der Waals surface area (Å²) in [5.74, 6) is 1.59. The van der Waals surface area contributed by atoms with E-state index in [0.29, 0.717) is 0 Å². The molecule has 2 atom stereocenters. The highest BCUT2D eigenvalue weighted by Gasteiger charge is 2.25. The number of fused-ring (bicyclic) bond motifs is 5. The second-order valence-electron chi connectivity index (χ2n) is 7.36. The number of nitrogens with zero attached hydrogens (tertiary/aromatic N) is 6. The van der Waals surface area contributed by atoms with Gasteiger partial charge in [-0.3, -0.25) is 4.68 Å². The summed E-state index contributed by atoms with van der Waals surface area (Å²) in [7, 11) is 0. The molecule has 0 radical (unpaired) electrons. The summed E-state index contributed by atoms with van der Waals surface area (Å²) >= 11 is 1.84. The summed E-state index contributed by atoms with van der Waals surface area (Å²) in [4.78, 5) is 12.2. The molecule has 0 saturated carbocycles. The molecule has 1 aliphatic rings. The zero-order valence-electron chi connectivity index (χ0n) is 15.3. The Morgan fingerprint density at radius 1 is 1.38 bits per heavy atom. The zero-order chi connectivity index (χ0) is 17.8. The summed E-state index contributed by atoms with van der Waals surface area (Å²) in [5.41, 5.74) is 3.53. The molecule has 4 aromatic rings. The van der Waals surface area contributed by atoms with Gasteiger partial charge < -0.3 is 0 Å². The first-order valence-corrected chi connectivity index (χ1v) is 10.1. The van der Waals surface area contributed by atoms with Gasteiger partial charge >= 0.3 is 0 Å². The number of aromatic nitrogens is 6. The monoisotopic (exact) mass is 366 g/mol. The van der Waals surface area contributed by atoms with Gasteiger partial charge in [-0.05, 0) is 50.2 Å². The average Bonchev–Trinajstić information content (AvgIpc) is 3.35. The fraction of sp³-hybridized carbons (Fsp3) is 0.474. The summed E-state index contributed by atoms with van der Waals surface area (Å²) < 4.78 is 3.76. The van der Waals surface area contributed by atoms with Gasteiger partial charge in [0.15, 0.2) is 11.5 Å². The Balaban J connectivity index is 1.64. The molecular formula is C19H22N6S. The van der Waals surface area contributed by atoms with Crippen molar-refractivity contribution in [2.75, 3.05) is 0 Å². The van der Waals surface area contributed by atoms with Crippen LogP contribution in [-0.2, 0) is 12.8 Å². The number of hydrogen-bond donors (Lipinski definition) is 0. The van der Waals surface area contributed by atoms with Crippen LogP contribution in [0.2, 0.25) is 0 Å². The molecule has 0 unspecified atom stereocenters. The Labute approximate surface area is 155 Å². The lowest BCUT2D eigenvalue weighted by atomic mass is 9.86. The number of hydrogen-bond acceptors (Lipinski definition) is 5. The van der Waals surface area contributed by atoms with Gasteiger partial charge in [0, 0.05) is 11.1 Å². The summed E-state index contributed by atoms with van der Waals surface area (Å²) in [6.07, 6.45) is 10.5. The van der Waals surface area contributed by atoms with E-state index in [1.165, 1.54) is 35.1 Å². The predicted molar refractivity (Wildman–Crippen MR) is 103 cm³/mol. The standard InChI is InChI=1S/C19H22N6S/c1-4-13-5-6-14-15(7-13)26-19-16(14)18-22-17(23-25(18)10-20-19)12(3)24-9-11(2)8-21-24/h8-10,12-13H,4-7H2,1-3H3/t12-,13+/m1/s1. The van der Waals surface area contributed by atoms with Crippen molar-refractivity contribution in [3.63, 3.8) is 0 Å². The van der Waals surface area contributed by atoms with Gasteiger partial charge in [0.2, 0.25) is 0 Å². The van der Waals surface area contributed by atoms with Crippen LogP contribution in [0.3, 0.4) is 0 Å². The fourth-order valence-corrected chi connectivity index (χ4v) is 5.24. The van der Waals surface area contributed by atoms with E-state index >= 15 is 0 Å². The summed E-state index contributed by atoms with van der Waals surface area (Å²) in [6.45, 7) is 6.42. The summed E-state index contributed by atoms with van der Waals surface area (Å²) in [6, 6.07) is -0.00224. The minimum absolute atomic E-state index is 0.00224. The maximum atomic E-state index is 4.90. The van der Waals surface area contributed by atoms with E-state index in [2.05, 4.69) is 23.9 Å². The molecule has 5 rings (SSSR count). The molecule has 134 valence electrons. The van der Waals surface area contributed by atoms with Crippen LogP contribution in [0.1, 0.15) is 54.6 Å². The van der Waals surface area contributed by atoms with E-state index in [-0.39, 0.29) is 6.04 Å². The molecule has 4 heterocycles. The molecule has 0 bridgehead atoms. The zero-order valence-corrected chi connectivity index (χ0v) is 16.1. The van der Waals surface area contributed by atoms with Crippen molar-refractivity contribution in [1.29, 1.82) is 0 Å². The van der Waals surface area contributed by atoms with Crippen LogP contribution in [0.5, 0.6) is 0 Å². The molecule has 7 heteroatoms. The van der Waals surface area contributed by atoms with E-state index in [9.17, 15) is 0 Å². The Hall–Kier alpha value is -2.28. The molecule has 6 nitrogen and oxygen atoms in total. The lowest BCUT2D eigenvalue weighted by Gasteiger charge is -2.20. The molecule has 0 N–H and O–H groups in total. The van der Waals surface area contributed by atoms with Crippen molar-refractivity contribution in [1.82, 2.24) is 29.4 Å². The van der Waals surface area contributed by atoms with Gasteiger partial charge in [0.1, 0.15) is 17.2 Å². The van der Waals surface area contributed by atoms with Crippen molar-refractivity contribution in [2.45, 2.75) is 52.5 Å². The Morgan fingerprint density at radius 2 is 2.27 bits per heavy atom. The second kappa shape index (κ2) is 5.87. The van der Waals surface area contributed by atoms with Crippen LogP contribution in [0.25, 0.3) is 15.9 Å². The van der Waals surface area contributed by atoms with Gasteiger partial charge in [-0.25, -0.2) is 14.5 Å². The van der Waals surface area contributed by atoms with Crippen molar-refractivity contribution < 1.29 is 0 Å². The van der Waals surface area contributed by atoms with E-state index in [1.807, 2.05) is 39.9 Å². The third-order valence-corrected chi connectivity index (χ3v) is 6.75. The number of rotatable bonds is 3. The highest BCUT2D eigenvalue weighted by molar-refractivity contribution is 7.19. The van der Waals surface area contributed by atoms with Crippen molar-refractivity contribution in [3.8, 4) is 0 Å². The number of aryl methyl sites for hydroxylation is 2. The van der Waals surface area contributed by atoms with Gasteiger partial charge in [-0.2, -0.15) is 5.10 Å². The molecule has 0 aliphatic heterocycles. The molecule has 0 fully saturated rings. The smallest absolute Gasteiger partial charge is 0.176 e. The Kier molecular flexibility index (Phi) is 3.60. The lowest BCUT2D eigenvalue weighted by molar-refractivity contribution is 0.451. The first kappa shape index (κ1) is 15.9. The number of thiophene rings is 1. The van der Waals surface area contributed by atoms with Crippen molar-refractivity contribution in [3.05, 3.63) is 40.5 Å². The summed E-state index contributed by atoms with van der Waals surface area (Å²) in [5, 5.41) is 10.3. The van der Waals surface area contributed by atoms with Crippen molar-refractivity contribution >= 4 is 27.2 Å². The molecule has 0 saturated heterocycles. The average molecular weight is 366 g/mol. The lowest BCUT2D eigenvalue weighted by Crippen LogP contribution is -2.11. The fourth-order valence-electron chi connectivity index (χ4n) is 3.95. The van der Waals surface area contributed by atoms with Crippen LogP contribution in [0.4, 0.5) is 0 Å². The predicted octanol–water partition coefficient (Wildman–Crippen LogP) is 3.97. The normalized spacial score (nSPS) is 18.5. The van der Waals surface area contributed by atoms with E-state index in [1.54, 1.807) is 6.33 Å². The molecule has 26 heavy (non-hydrogen) atoms. The van der Waals surface area contributed by atoms with Gasteiger partial charge in [0.05, 0.1) is 11.6 Å². The third-order valence-electron chi connectivity index (χ3n) is 5.58. The molecule has 0 spiro atoms. The van der Waals surface area contributed by atoms with Crippen LogP contribution in [-0.4, -0.2) is 29.4 Å². The molecule has 0 aromatic carbocycles. The maximum absolute atomic E-state index is 4.90. The van der Waals surface area contributed by atoms with E-state index in [0.717, 1.165) is 34.2 Å². The van der Waals surface area contributed by atoms with Crippen LogP contribution >= 0.6 is 11.3 Å². The molecule has 4 aromatic heterocycles. The van der Waals surface area contributed by atoms with Crippen molar-refractivity contribution in [2.24, 2.45) is 5.92 Å². The second-order valence-corrected chi connectivity index (χ2v) is 8.44. The molecule has 0 amide bonds. The molecular weight excluding hydrogens is 344 g/mol. The maximum Gasteiger partial charge on any atom is 0.176 e. The largest absolute Gasteiger partial charge is 0.262 e. The highest BCUT2D eigenvalue weighted by Crippen LogP contribution is 2.39. The third kappa shape index (κ3) is 2.37. The Bertz CT molecular complexity index is 1100. The van der Waals surface area contributed by atoms with Gasteiger partial charge in [-0.15, -0.1) is 16.4 Å².